The average molecular weight is 256 g/mol. The van der Waals surface area contributed by atoms with Gasteiger partial charge in [0.2, 0.25) is 11.8 Å². The number of nitrogens with zero attached hydrogens (tertiary/aromatic N) is 1. The summed E-state index contributed by atoms with van der Waals surface area (Å²) in [5.41, 5.74) is -0.976. The van der Waals surface area contributed by atoms with Gasteiger partial charge in [0.05, 0.1) is 0 Å². The highest BCUT2D eigenvalue weighted by Gasteiger charge is 2.37. The number of hydrogen-bond donors (Lipinski definition) is 1. The van der Waals surface area contributed by atoms with Crippen molar-refractivity contribution in [1.29, 1.82) is 0 Å². The number of carbonyl (C=O) groups is 2. The van der Waals surface area contributed by atoms with Crippen LogP contribution >= 0.6 is 0 Å². The van der Waals surface area contributed by atoms with Gasteiger partial charge in [-0.1, -0.05) is 26.7 Å². The predicted molar refractivity (Wildman–Crippen MR) is 74.2 cm³/mol. The molecule has 4 nitrogen and oxygen atoms in total. The zero-order chi connectivity index (χ0) is 14.2. The molecule has 0 saturated carbocycles. The molecule has 0 radical (unpaired) electrons. The van der Waals surface area contributed by atoms with Crippen molar-refractivity contribution in [2.45, 2.75) is 53.4 Å². The Morgan fingerprint density at radius 3 is 2.17 bits per heavy atom. The second-order valence-corrected chi connectivity index (χ2v) is 5.31. The molecule has 18 heavy (non-hydrogen) atoms. The fourth-order valence-corrected chi connectivity index (χ4v) is 1.67. The number of hydrogen-bond acceptors (Lipinski definition) is 2. The quantitative estimate of drug-likeness (QED) is 0.534. The van der Waals surface area contributed by atoms with E-state index in [0.717, 1.165) is 25.7 Å². The molecule has 0 atom stereocenters. The zero-order valence-electron chi connectivity index (χ0n) is 12.5. The van der Waals surface area contributed by atoms with E-state index < -0.39 is 5.41 Å². The van der Waals surface area contributed by atoms with Gasteiger partial charge in [0, 0.05) is 20.1 Å². The molecule has 0 unspecified atom stereocenters. The minimum atomic E-state index is -0.976. The first kappa shape index (κ1) is 16.9. The highest BCUT2D eigenvalue weighted by Crippen LogP contribution is 2.19. The molecular formula is C14H28N2O2. The molecule has 0 saturated heterocycles. The summed E-state index contributed by atoms with van der Waals surface area (Å²) in [5.74, 6) is -0.283. The molecule has 0 aromatic heterocycles. The standard InChI is InChI=1S/C14H28N2O2/c1-6-8-10-15-12(17)14(3,4)13(18)16(5)11-9-7-2/h6-11H2,1-5H3,(H,15,17). The monoisotopic (exact) mass is 256 g/mol. The van der Waals surface area contributed by atoms with Gasteiger partial charge in [-0.25, -0.2) is 0 Å². The highest BCUT2D eigenvalue weighted by molar-refractivity contribution is 6.04. The Bertz CT molecular complexity index is 275. The van der Waals surface area contributed by atoms with E-state index in [1.54, 1.807) is 25.8 Å². The third-order valence-electron chi connectivity index (χ3n) is 3.11. The van der Waals surface area contributed by atoms with Crippen LogP contribution in [-0.2, 0) is 9.59 Å². The summed E-state index contributed by atoms with van der Waals surface area (Å²) in [5, 5.41) is 2.83. The van der Waals surface area contributed by atoms with Crippen LogP contribution in [-0.4, -0.2) is 36.9 Å². The van der Waals surface area contributed by atoms with Gasteiger partial charge < -0.3 is 10.2 Å². The molecule has 106 valence electrons. The van der Waals surface area contributed by atoms with E-state index in [4.69, 9.17) is 0 Å². The number of amides is 2. The van der Waals surface area contributed by atoms with Crippen LogP contribution in [0.5, 0.6) is 0 Å². The van der Waals surface area contributed by atoms with E-state index in [1.807, 2.05) is 0 Å². The van der Waals surface area contributed by atoms with Crippen LogP contribution in [0.15, 0.2) is 0 Å². The SMILES string of the molecule is CCCCNC(=O)C(C)(C)C(=O)N(C)CCCC. The van der Waals surface area contributed by atoms with Crippen molar-refractivity contribution in [1.82, 2.24) is 10.2 Å². The van der Waals surface area contributed by atoms with Crippen LogP contribution in [0.4, 0.5) is 0 Å². The van der Waals surface area contributed by atoms with Gasteiger partial charge in [-0.3, -0.25) is 9.59 Å². The van der Waals surface area contributed by atoms with E-state index in [1.165, 1.54) is 0 Å². The molecule has 0 heterocycles. The first-order valence-corrected chi connectivity index (χ1v) is 6.91. The topological polar surface area (TPSA) is 49.4 Å². The maximum atomic E-state index is 12.2. The van der Waals surface area contributed by atoms with Crippen molar-refractivity contribution in [3.8, 4) is 0 Å². The zero-order valence-corrected chi connectivity index (χ0v) is 12.5. The lowest BCUT2D eigenvalue weighted by molar-refractivity contribution is -0.147. The first-order valence-electron chi connectivity index (χ1n) is 6.91. The van der Waals surface area contributed by atoms with Gasteiger partial charge in [0.15, 0.2) is 0 Å². The molecule has 0 aliphatic carbocycles. The third-order valence-corrected chi connectivity index (χ3v) is 3.11. The van der Waals surface area contributed by atoms with Crippen LogP contribution < -0.4 is 5.32 Å². The van der Waals surface area contributed by atoms with Crippen LogP contribution in [0.1, 0.15) is 53.4 Å². The first-order chi connectivity index (χ1) is 8.37. The molecule has 4 heteroatoms. The summed E-state index contributed by atoms with van der Waals surface area (Å²) in [7, 11) is 1.76. The molecule has 0 aromatic rings. The second kappa shape index (κ2) is 8.11. The lowest BCUT2D eigenvalue weighted by Crippen LogP contribution is -2.48. The Kier molecular flexibility index (Phi) is 7.64. The van der Waals surface area contributed by atoms with E-state index >= 15 is 0 Å². The van der Waals surface area contributed by atoms with Gasteiger partial charge in [0.25, 0.3) is 0 Å². The Morgan fingerprint density at radius 1 is 1.11 bits per heavy atom. The fraction of sp³-hybridized carbons (Fsp3) is 0.857. The van der Waals surface area contributed by atoms with Gasteiger partial charge in [0.1, 0.15) is 5.41 Å². The summed E-state index contributed by atoms with van der Waals surface area (Å²) in [6.07, 6.45) is 3.99. The lowest BCUT2D eigenvalue weighted by Gasteiger charge is -2.28. The maximum absolute atomic E-state index is 12.2. The predicted octanol–water partition coefficient (Wildman–Crippen LogP) is 2.19. The van der Waals surface area contributed by atoms with Gasteiger partial charge in [-0.05, 0) is 26.7 Å². The normalized spacial score (nSPS) is 11.2. The van der Waals surface area contributed by atoms with Crippen LogP contribution in [0.2, 0.25) is 0 Å². The van der Waals surface area contributed by atoms with Crippen molar-refractivity contribution in [2.24, 2.45) is 5.41 Å². The summed E-state index contributed by atoms with van der Waals surface area (Å²) in [4.78, 5) is 25.9. The maximum Gasteiger partial charge on any atom is 0.237 e. The molecule has 1 N–H and O–H groups in total. The van der Waals surface area contributed by atoms with E-state index in [9.17, 15) is 9.59 Å². The van der Waals surface area contributed by atoms with Crippen LogP contribution in [0.3, 0.4) is 0 Å². The number of nitrogens with one attached hydrogen (secondary N) is 1. The Hall–Kier alpha value is -1.06. The van der Waals surface area contributed by atoms with Gasteiger partial charge >= 0.3 is 0 Å². The van der Waals surface area contributed by atoms with Crippen LogP contribution in [0.25, 0.3) is 0 Å². The summed E-state index contributed by atoms with van der Waals surface area (Å²) < 4.78 is 0. The number of unbranched alkanes of at least 4 members (excludes halogenated alkanes) is 2. The second-order valence-electron chi connectivity index (χ2n) is 5.31. The molecule has 0 fully saturated rings. The smallest absolute Gasteiger partial charge is 0.237 e. The lowest BCUT2D eigenvalue weighted by atomic mass is 9.90. The van der Waals surface area contributed by atoms with Crippen LogP contribution in [0, 0.1) is 5.41 Å². The number of rotatable bonds is 8. The number of carbonyl (C=O) groups excluding carboxylic acids is 2. The molecule has 0 spiro atoms. The molecule has 0 bridgehead atoms. The molecule has 0 aromatic carbocycles. The highest BCUT2D eigenvalue weighted by atomic mass is 16.2. The molecular weight excluding hydrogens is 228 g/mol. The minimum Gasteiger partial charge on any atom is -0.355 e. The third kappa shape index (κ3) is 5.07. The average Bonchev–Trinajstić information content (AvgIpc) is 2.34. The fourth-order valence-electron chi connectivity index (χ4n) is 1.67. The van der Waals surface area contributed by atoms with Crippen molar-refractivity contribution in [2.75, 3.05) is 20.1 Å². The molecule has 2 amide bonds. The Morgan fingerprint density at radius 2 is 1.67 bits per heavy atom. The summed E-state index contributed by atoms with van der Waals surface area (Å²) >= 11 is 0. The Balaban J connectivity index is 4.40. The van der Waals surface area contributed by atoms with E-state index in [0.29, 0.717) is 13.1 Å². The van der Waals surface area contributed by atoms with Crippen molar-refractivity contribution in [3.05, 3.63) is 0 Å². The minimum absolute atomic E-state index is 0.107. The van der Waals surface area contributed by atoms with Gasteiger partial charge in [-0.15, -0.1) is 0 Å². The summed E-state index contributed by atoms with van der Waals surface area (Å²) in [6.45, 7) is 8.89. The van der Waals surface area contributed by atoms with Gasteiger partial charge in [-0.2, -0.15) is 0 Å². The molecule has 0 aliphatic heterocycles. The van der Waals surface area contributed by atoms with Crippen molar-refractivity contribution in [3.63, 3.8) is 0 Å². The van der Waals surface area contributed by atoms with Crippen molar-refractivity contribution >= 4 is 11.8 Å². The van der Waals surface area contributed by atoms with Crippen molar-refractivity contribution < 1.29 is 9.59 Å². The molecule has 0 aliphatic rings. The molecule has 0 rings (SSSR count). The largest absolute Gasteiger partial charge is 0.355 e. The summed E-state index contributed by atoms with van der Waals surface area (Å²) in [6, 6.07) is 0. The van der Waals surface area contributed by atoms with E-state index in [2.05, 4.69) is 19.2 Å². The Labute approximate surface area is 111 Å². The van der Waals surface area contributed by atoms with E-state index in [-0.39, 0.29) is 11.8 Å².